The summed E-state index contributed by atoms with van der Waals surface area (Å²) in [5.41, 5.74) is 3.97. The van der Waals surface area contributed by atoms with Gasteiger partial charge in [0, 0.05) is 18.8 Å². The van der Waals surface area contributed by atoms with Crippen molar-refractivity contribution in [1.29, 1.82) is 0 Å². The van der Waals surface area contributed by atoms with E-state index in [4.69, 9.17) is 0 Å². The van der Waals surface area contributed by atoms with Gasteiger partial charge in [-0.25, -0.2) is 0 Å². The van der Waals surface area contributed by atoms with Crippen molar-refractivity contribution >= 4 is 5.69 Å². The molecule has 1 aromatic carbocycles. The molecule has 1 heterocycles. The van der Waals surface area contributed by atoms with Gasteiger partial charge in [-0.15, -0.1) is 0 Å². The average molecular weight is 276 g/mol. The molecule has 0 bridgehead atoms. The number of benzene rings is 1. The molecular weight excluding hydrogens is 248 g/mol. The van der Waals surface area contributed by atoms with Crippen LogP contribution in [0.1, 0.15) is 43.7 Å². The maximum absolute atomic E-state index is 9.63. The fourth-order valence-corrected chi connectivity index (χ4v) is 3.04. The Hall–Kier alpha value is -1.06. The van der Waals surface area contributed by atoms with Crippen molar-refractivity contribution in [2.24, 2.45) is 0 Å². The Morgan fingerprint density at radius 1 is 1.35 bits per heavy atom. The van der Waals surface area contributed by atoms with Crippen LogP contribution in [-0.2, 0) is 6.54 Å². The van der Waals surface area contributed by atoms with E-state index in [2.05, 4.69) is 42.3 Å². The van der Waals surface area contributed by atoms with Crippen LogP contribution in [0.25, 0.3) is 0 Å². The Morgan fingerprint density at radius 2 is 2.20 bits per heavy atom. The van der Waals surface area contributed by atoms with Gasteiger partial charge in [0.2, 0.25) is 0 Å². The summed E-state index contributed by atoms with van der Waals surface area (Å²) in [6.45, 7) is 7.63. The summed E-state index contributed by atoms with van der Waals surface area (Å²) in [5.74, 6) is 0. The van der Waals surface area contributed by atoms with E-state index in [0.717, 1.165) is 32.5 Å². The molecule has 1 atom stereocenters. The first-order valence-electron chi connectivity index (χ1n) is 7.94. The summed E-state index contributed by atoms with van der Waals surface area (Å²) < 4.78 is 0. The minimum atomic E-state index is 0.260. The fourth-order valence-electron chi connectivity index (χ4n) is 3.04. The third-order valence-corrected chi connectivity index (χ3v) is 4.12. The van der Waals surface area contributed by atoms with Crippen molar-refractivity contribution in [3.63, 3.8) is 0 Å². The van der Waals surface area contributed by atoms with E-state index in [-0.39, 0.29) is 12.6 Å². The van der Waals surface area contributed by atoms with Crippen LogP contribution >= 0.6 is 0 Å². The highest BCUT2D eigenvalue weighted by Crippen LogP contribution is 2.28. The number of aryl methyl sites for hydroxylation is 1. The predicted octanol–water partition coefficient (Wildman–Crippen LogP) is 2.85. The van der Waals surface area contributed by atoms with Crippen LogP contribution in [0.15, 0.2) is 18.2 Å². The maximum atomic E-state index is 9.63. The lowest BCUT2D eigenvalue weighted by Crippen LogP contribution is -2.42. The van der Waals surface area contributed by atoms with Crippen molar-refractivity contribution in [2.45, 2.75) is 52.1 Å². The molecule has 0 aliphatic carbocycles. The van der Waals surface area contributed by atoms with E-state index in [9.17, 15) is 5.11 Å². The molecule has 20 heavy (non-hydrogen) atoms. The second-order valence-electron chi connectivity index (χ2n) is 5.83. The molecule has 1 aromatic rings. The molecule has 112 valence electrons. The molecular formula is C17H28N2O. The second-order valence-corrected chi connectivity index (χ2v) is 5.83. The molecule has 2 N–H and O–H groups in total. The van der Waals surface area contributed by atoms with Gasteiger partial charge in [-0.05, 0) is 50.8 Å². The molecule has 3 heteroatoms. The van der Waals surface area contributed by atoms with Gasteiger partial charge in [0.25, 0.3) is 0 Å². The summed E-state index contributed by atoms with van der Waals surface area (Å²) >= 11 is 0. The van der Waals surface area contributed by atoms with Crippen LogP contribution < -0.4 is 10.2 Å². The van der Waals surface area contributed by atoms with Crippen LogP contribution in [0.3, 0.4) is 0 Å². The average Bonchev–Trinajstić information content (AvgIpc) is 2.48. The van der Waals surface area contributed by atoms with E-state index in [0.29, 0.717) is 0 Å². The van der Waals surface area contributed by atoms with Crippen molar-refractivity contribution in [2.75, 3.05) is 24.6 Å². The first-order valence-corrected chi connectivity index (χ1v) is 7.94. The third-order valence-electron chi connectivity index (χ3n) is 4.12. The molecule has 0 radical (unpaired) electrons. The van der Waals surface area contributed by atoms with E-state index < -0.39 is 0 Å². The van der Waals surface area contributed by atoms with Gasteiger partial charge in [-0.1, -0.05) is 24.6 Å². The van der Waals surface area contributed by atoms with Gasteiger partial charge in [0.1, 0.15) is 0 Å². The third kappa shape index (κ3) is 3.74. The van der Waals surface area contributed by atoms with Gasteiger partial charge >= 0.3 is 0 Å². The lowest BCUT2D eigenvalue weighted by atomic mass is 9.99. The highest BCUT2D eigenvalue weighted by Gasteiger charge is 2.23. The molecule has 1 aliphatic heterocycles. The molecule has 1 saturated heterocycles. The van der Waals surface area contributed by atoms with Gasteiger partial charge in [0.05, 0.1) is 12.6 Å². The first kappa shape index (κ1) is 15.3. The number of nitrogens with zero attached hydrogens (tertiary/aromatic N) is 1. The minimum Gasteiger partial charge on any atom is -0.394 e. The molecule has 0 aromatic heterocycles. The minimum absolute atomic E-state index is 0.260. The number of hydrogen-bond donors (Lipinski definition) is 2. The van der Waals surface area contributed by atoms with Gasteiger partial charge in [0.15, 0.2) is 0 Å². The van der Waals surface area contributed by atoms with Gasteiger partial charge in [-0.3, -0.25) is 0 Å². The normalized spacial score (nSPS) is 19.4. The molecule has 1 unspecified atom stereocenters. The summed E-state index contributed by atoms with van der Waals surface area (Å²) in [4.78, 5) is 2.41. The van der Waals surface area contributed by atoms with Crippen molar-refractivity contribution in [3.05, 3.63) is 29.3 Å². The Labute approximate surface area is 123 Å². The number of piperidine rings is 1. The number of anilines is 1. The van der Waals surface area contributed by atoms with Crippen LogP contribution in [0.5, 0.6) is 0 Å². The highest BCUT2D eigenvalue weighted by molar-refractivity contribution is 5.56. The van der Waals surface area contributed by atoms with E-state index in [1.165, 1.54) is 29.7 Å². The Balaban J connectivity index is 2.19. The van der Waals surface area contributed by atoms with E-state index >= 15 is 0 Å². The molecule has 1 aliphatic rings. The van der Waals surface area contributed by atoms with Gasteiger partial charge in [-0.2, -0.15) is 0 Å². The zero-order chi connectivity index (χ0) is 14.4. The molecule has 3 nitrogen and oxygen atoms in total. The number of rotatable bonds is 6. The zero-order valence-electron chi connectivity index (χ0n) is 12.9. The topological polar surface area (TPSA) is 35.5 Å². The molecule has 0 spiro atoms. The lowest BCUT2D eigenvalue weighted by molar-refractivity contribution is 0.240. The second kappa shape index (κ2) is 7.65. The zero-order valence-corrected chi connectivity index (χ0v) is 12.9. The summed E-state index contributed by atoms with van der Waals surface area (Å²) in [6.07, 6.45) is 4.72. The lowest BCUT2D eigenvalue weighted by Gasteiger charge is -2.38. The van der Waals surface area contributed by atoms with Crippen molar-refractivity contribution in [1.82, 2.24) is 5.32 Å². The van der Waals surface area contributed by atoms with Crippen LogP contribution in [0, 0.1) is 6.92 Å². The van der Waals surface area contributed by atoms with Crippen LogP contribution in [0.2, 0.25) is 0 Å². The first-order chi connectivity index (χ1) is 9.76. The number of nitrogens with one attached hydrogen (secondary N) is 1. The SMILES string of the molecule is CCCNCc1cc(C)ccc1N1CCCCC1CO. The molecule has 0 amide bonds. The monoisotopic (exact) mass is 276 g/mol. The largest absolute Gasteiger partial charge is 0.394 e. The predicted molar refractivity (Wildman–Crippen MR) is 85.2 cm³/mol. The summed E-state index contributed by atoms with van der Waals surface area (Å²) in [5, 5.41) is 13.1. The molecule has 1 fully saturated rings. The smallest absolute Gasteiger partial charge is 0.0635 e. The fraction of sp³-hybridized carbons (Fsp3) is 0.647. The highest BCUT2D eigenvalue weighted by atomic mass is 16.3. The van der Waals surface area contributed by atoms with Crippen molar-refractivity contribution in [3.8, 4) is 0 Å². The van der Waals surface area contributed by atoms with Gasteiger partial charge < -0.3 is 15.3 Å². The summed E-state index contributed by atoms with van der Waals surface area (Å²) in [7, 11) is 0. The number of aliphatic hydroxyl groups excluding tert-OH is 1. The molecule has 2 rings (SSSR count). The Morgan fingerprint density at radius 3 is 2.95 bits per heavy atom. The van der Waals surface area contributed by atoms with E-state index in [1.807, 2.05) is 0 Å². The number of hydrogen-bond acceptors (Lipinski definition) is 3. The summed E-state index contributed by atoms with van der Waals surface area (Å²) in [6, 6.07) is 6.98. The maximum Gasteiger partial charge on any atom is 0.0635 e. The Kier molecular flexibility index (Phi) is 5.86. The van der Waals surface area contributed by atoms with Crippen molar-refractivity contribution < 1.29 is 5.11 Å². The quantitative estimate of drug-likeness (QED) is 0.784. The Bertz CT molecular complexity index is 419. The number of aliphatic hydroxyl groups is 1. The molecule has 0 saturated carbocycles. The standard InChI is InChI=1S/C17H28N2O/c1-3-9-18-12-15-11-14(2)7-8-17(15)19-10-5-4-6-16(19)13-20/h7-8,11,16,18,20H,3-6,9-10,12-13H2,1-2H3. The van der Waals surface area contributed by atoms with Crippen LogP contribution in [-0.4, -0.2) is 30.8 Å². The van der Waals surface area contributed by atoms with Crippen LogP contribution in [0.4, 0.5) is 5.69 Å². The van der Waals surface area contributed by atoms with E-state index in [1.54, 1.807) is 0 Å².